The van der Waals surface area contributed by atoms with E-state index >= 15 is 0 Å². The highest BCUT2D eigenvalue weighted by atomic mass is 32.2. The Bertz CT molecular complexity index is 1330. The van der Waals surface area contributed by atoms with Crippen molar-refractivity contribution in [2.45, 2.75) is 30.1 Å². The van der Waals surface area contributed by atoms with E-state index in [1.165, 1.54) is 28.7 Å². The number of para-hydroxylation sites is 1. The van der Waals surface area contributed by atoms with Crippen molar-refractivity contribution in [1.82, 2.24) is 4.98 Å². The number of hydrogen-bond acceptors (Lipinski definition) is 5. The minimum Gasteiger partial charge on any atom is -0.325 e. The van der Waals surface area contributed by atoms with Gasteiger partial charge in [-0.05, 0) is 36.4 Å². The molecule has 5 rings (SSSR count). The predicted molar refractivity (Wildman–Crippen MR) is 136 cm³/mol. The van der Waals surface area contributed by atoms with Crippen molar-refractivity contribution in [3.63, 3.8) is 0 Å². The highest BCUT2D eigenvalue weighted by Gasteiger charge is 2.30. The summed E-state index contributed by atoms with van der Waals surface area (Å²) in [5.74, 6) is 0.246. The van der Waals surface area contributed by atoms with E-state index in [4.69, 9.17) is 0 Å². The minimum atomic E-state index is -0.0772. The monoisotopic (exact) mass is 473 g/mol. The number of carbonyl (C=O) groups is 2. The zero-order valence-corrected chi connectivity index (χ0v) is 19.8. The fourth-order valence-corrected chi connectivity index (χ4v) is 5.91. The zero-order valence-electron chi connectivity index (χ0n) is 18.2. The summed E-state index contributed by atoms with van der Waals surface area (Å²) in [5, 5.41) is 7.02. The maximum Gasteiger partial charge on any atom is 0.234 e. The average molecular weight is 474 g/mol. The average Bonchev–Trinajstić information content (AvgIpc) is 3.40. The molecule has 0 fully saturated rings. The SMILES string of the molecule is CC1Cc2ccccc2N1C(=O)Cc1csc(SCC(=O)Nc2cccc3ccccc23)n1. The van der Waals surface area contributed by atoms with Crippen LogP contribution in [-0.4, -0.2) is 28.6 Å². The first kappa shape index (κ1) is 21.7. The molecule has 5 nitrogen and oxygen atoms in total. The first-order chi connectivity index (χ1) is 16.1. The lowest BCUT2D eigenvalue weighted by atomic mass is 10.1. The van der Waals surface area contributed by atoms with Crippen LogP contribution in [0.2, 0.25) is 0 Å². The van der Waals surface area contributed by atoms with Gasteiger partial charge < -0.3 is 10.2 Å². The first-order valence-electron chi connectivity index (χ1n) is 10.8. The van der Waals surface area contributed by atoms with Gasteiger partial charge in [0.05, 0.1) is 17.9 Å². The van der Waals surface area contributed by atoms with Crippen LogP contribution in [0.5, 0.6) is 0 Å². The Morgan fingerprint density at radius 3 is 2.79 bits per heavy atom. The van der Waals surface area contributed by atoms with Crippen LogP contribution in [0.4, 0.5) is 11.4 Å². The molecule has 1 aliphatic heterocycles. The number of aromatic nitrogens is 1. The fourth-order valence-electron chi connectivity index (χ4n) is 4.27. The molecule has 7 heteroatoms. The van der Waals surface area contributed by atoms with Crippen molar-refractivity contribution in [3.05, 3.63) is 83.4 Å². The summed E-state index contributed by atoms with van der Waals surface area (Å²) in [6, 6.07) is 22.1. The second kappa shape index (κ2) is 9.37. The van der Waals surface area contributed by atoms with Gasteiger partial charge in [0.2, 0.25) is 11.8 Å². The Morgan fingerprint density at radius 1 is 1.09 bits per heavy atom. The third-order valence-corrected chi connectivity index (χ3v) is 7.80. The normalized spacial score (nSPS) is 14.9. The first-order valence-corrected chi connectivity index (χ1v) is 12.7. The maximum absolute atomic E-state index is 13.0. The number of thiazole rings is 1. The molecule has 1 atom stereocenters. The standard InChI is InChI=1S/C26H23N3O2S2/c1-17-13-19-8-3-5-12-23(19)29(17)25(31)14-20-15-32-26(27-20)33-16-24(30)28-22-11-6-9-18-7-2-4-10-21(18)22/h2-12,15,17H,13-14,16H2,1H3,(H,28,30). The number of thioether (sulfide) groups is 1. The van der Waals surface area contributed by atoms with Gasteiger partial charge in [-0.15, -0.1) is 11.3 Å². The van der Waals surface area contributed by atoms with Crippen LogP contribution in [0, 0.1) is 0 Å². The zero-order chi connectivity index (χ0) is 22.8. The Balaban J connectivity index is 1.18. The third-order valence-electron chi connectivity index (χ3n) is 5.73. The number of fused-ring (bicyclic) bond motifs is 2. The lowest BCUT2D eigenvalue weighted by Crippen LogP contribution is -2.36. The van der Waals surface area contributed by atoms with Crippen LogP contribution in [0.25, 0.3) is 10.8 Å². The van der Waals surface area contributed by atoms with Gasteiger partial charge in [-0.1, -0.05) is 66.4 Å². The van der Waals surface area contributed by atoms with E-state index in [9.17, 15) is 9.59 Å². The van der Waals surface area contributed by atoms with Gasteiger partial charge in [0.15, 0.2) is 4.34 Å². The van der Waals surface area contributed by atoms with Crippen molar-refractivity contribution in [2.24, 2.45) is 0 Å². The van der Waals surface area contributed by atoms with Crippen molar-refractivity contribution >= 4 is 57.1 Å². The molecule has 0 radical (unpaired) electrons. The van der Waals surface area contributed by atoms with Crippen molar-refractivity contribution in [3.8, 4) is 0 Å². The Morgan fingerprint density at radius 2 is 1.88 bits per heavy atom. The molecule has 1 aromatic heterocycles. The van der Waals surface area contributed by atoms with Gasteiger partial charge in [-0.25, -0.2) is 4.98 Å². The summed E-state index contributed by atoms with van der Waals surface area (Å²) in [6.45, 7) is 2.08. The molecule has 2 heterocycles. The number of carbonyl (C=O) groups excluding carboxylic acids is 2. The number of nitrogens with one attached hydrogen (secondary N) is 1. The molecule has 4 aromatic rings. The van der Waals surface area contributed by atoms with Gasteiger partial charge in [-0.3, -0.25) is 9.59 Å². The van der Waals surface area contributed by atoms with E-state index in [-0.39, 0.29) is 30.0 Å². The topological polar surface area (TPSA) is 62.3 Å². The summed E-state index contributed by atoms with van der Waals surface area (Å²) >= 11 is 2.87. The van der Waals surface area contributed by atoms with Crippen LogP contribution in [-0.2, 0) is 22.4 Å². The third kappa shape index (κ3) is 4.65. The lowest BCUT2D eigenvalue weighted by Gasteiger charge is -2.22. The number of benzene rings is 3. The molecule has 0 saturated carbocycles. The molecule has 0 bridgehead atoms. The summed E-state index contributed by atoms with van der Waals surface area (Å²) in [7, 11) is 0. The maximum atomic E-state index is 13.0. The number of amides is 2. The van der Waals surface area contributed by atoms with Crippen molar-refractivity contribution in [2.75, 3.05) is 16.0 Å². The predicted octanol–water partition coefficient (Wildman–Crippen LogP) is 5.55. The Labute approximate surface area is 200 Å². The Kier molecular flexibility index (Phi) is 6.15. The smallest absolute Gasteiger partial charge is 0.234 e. The highest BCUT2D eigenvalue weighted by Crippen LogP contribution is 2.33. The second-order valence-electron chi connectivity index (χ2n) is 8.09. The number of nitrogens with zero attached hydrogens (tertiary/aromatic N) is 2. The van der Waals surface area contributed by atoms with Crippen LogP contribution < -0.4 is 10.2 Å². The minimum absolute atomic E-state index is 0.0583. The van der Waals surface area contributed by atoms with Gasteiger partial charge in [0.1, 0.15) is 0 Å². The summed E-state index contributed by atoms with van der Waals surface area (Å²) in [4.78, 5) is 32.0. The van der Waals surface area contributed by atoms with E-state index in [2.05, 4.69) is 23.3 Å². The molecule has 166 valence electrons. The summed E-state index contributed by atoms with van der Waals surface area (Å²) < 4.78 is 0.792. The van der Waals surface area contributed by atoms with E-state index in [1.807, 2.05) is 70.9 Å². The fraction of sp³-hybridized carbons (Fsp3) is 0.192. The number of rotatable bonds is 6. The van der Waals surface area contributed by atoms with Gasteiger partial charge in [0, 0.05) is 28.2 Å². The second-order valence-corrected chi connectivity index (χ2v) is 10.2. The molecule has 1 N–H and O–H groups in total. The molecule has 2 amide bonds. The van der Waals surface area contributed by atoms with Crippen LogP contribution >= 0.6 is 23.1 Å². The quantitative estimate of drug-likeness (QED) is 0.373. The molecule has 3 aromatic carbocycles. The van der Waals surface area contributed by atoms with E-state index in [0.29, 0.717) is 0 Å². The highest BCUT2D eigenvalue weighted by molar-refractivity contribution is 8.01. The molecule has 0 spiro atoms. The molecule has 0 saturated heterocycles. The molecular weight excluding hydrogens is 450 g/mol. The summed E-state index contributed by atoms with van der Waals surface area (Å²) in [6.07, 6.45) is 1.14. The lowest BCUT2D eigenvalue weighted by molar-refractivity contribution is -0.118. The van der Waals surface area contributed by atoms with Crippen molar-refractivity contribution < 1.29 is 9.59 Å². The van der Waals surface area contributed by atoms with Crippen molar-refractivity contribution in [1.29, 1.82) is 0 Å². The van der Waals surface area contributed by atoms with Gasteiger partial charge in [-0.2, -0.15) is 0 Å². The molecule has 33 heavy (non-hydrogen) atoms. The number of hydrogen-bond donors (Lipinski definition) is 1. The molecule has 1 aliphatic rings. The summed E-state index contributed by atoms with van der Waals surface area (Å²) in [5.41, 5.74) is 3.78. The Hall–Kier alpha value is -3.16. The van der Waals surface area contributed by atoms with Crippen LogP contribution in [0.15, 0.2) is 76.4 Å². The number of anilines is 2. The van der Waals surface area contributed by atoms with Crippen LogP contribution in [0.3, 0.4) is 0 Å². The van der Waals surface area contributed by atoms with E-state index in [1.54, 1.807) is 0 Å². The van der Waals surface area contributed by atoms with E-state index in [0.717, 1.165) is 38.6 Å². The largest absolute Gasteiger partial charge is 0.325 e. The molecular formula is C26H23N3O2S2. The van der Waals surface area contributed by atoms with E-state index < -0.39 is 0 Å². The van der Waals surface area contributed by atoms with Gasteiger partial charge in [0.25, 0.3) is 0 Å². The van der Waals surface area contributed by atoms with Gasteiger partial charge >= 0.3 is 0 Å². The van der Waals surface area contributed by atoms with Crippen LogP contribution in [0.1, 0.15) is 18.2 Å². The molecule has 0 aliphatic carbocycles. The molecule has 1 unspecified atom stereocenters.